The second-order valence-corrected chi connectivity index (χ2v) is 3.38. The Hall–Kier alpha value is -2.03. The van der Waals surface area contributed by atoms with Crippen LogP contribution in [0.1, 0.15) is 5.56 Å². The van der Waals surface area contributed by atoms with Gasteiger partial charge in [-0.3, -0.25) is 4.98 Å². The average Bonchev–Trinajstić information content (AvgIpc) is 2.30. The Balaban J connectivity index is 2.44. The first-order chi connectivity index (χ1) is 7.81. The summed E-state index contributed by atoms with van der Waals surface area (Å²) in [4.78, 5) is 7.74. The Labute approximate surface area is 93.5 Å². The number of hydrogen-bond donors (Lipinski definition) is 0. The standard InChI is InChI=1S/C13H11FN2/c1-2-4-10-6-8-15-12(9-10)11-5-3-7-16-13(11)14/h2-3,5-9H,1,4H2. The highest BCUT2D eigenvalue weighted by atomic mass is 19.1. The van der Waals surface area contributed by atoms with Crippen LogP contribution in [0, 0.1) is 5.95 Å². The Morgan fingerprint density at radius 2 is 2.12 bits per heavy atom. The molecule has 0 saturated heterocycles. The highest BCUT2D eigenvalue weighted by Crippen LogP contribution is 2.19. The van der Waals surface area contributed by atoms with Gasteiger partial charge in [-0.1, -0.05) is 6.08 Å². The minimum absolute atomic E-state index is 0.424. The first kappa shape index (κ1) is 10.5. The molecule has 80 valence electrons. The van der Waals surface area contributed by atoms with Crippen LogP contribution < -0.4 is 0 Å². The minimum Gasteiger partial charge on any atom is -0.256 e. The third-order valence-electron chi connectivity index (χ3n) is 2.24. The van der Waals surface area contributed by atoms with Crippen LogP contribution in [-0.2, 0) is 6.42 Å². The molecule has 0 N–H and O–H groups in total. The molecule has 0 saturated carbocycles. The molecule has 0 amide bonds. The van der Waals surface area contributed by atoms with Crippen LogP contribution in [0.5, 0.6) is 0 Å². The van der Waals surface area contributed by atoms with Gasteiger partial charge in [0, 0.05) is 12.4 Å². The maximum absolute atomic E-state index is 13.4. The van der Waals surface area contributed by atoms with Crippen LogP contribution in [0.4, 0.5) is 4.39 Å². The van der Waals surface area contributed by atoms with Crippen molar-refractivity contribution in [3.63, 3.8) is 0 Å². The molecule has 2 rings (SSSR count). The normalized spacial score (nSPS) is 10.1. The lowest BCUT2D eigenvalue weighted by Gasteiger charge is -2.03. The summed E-state index contributed by atoms with van der Waals surface area (Å²) in [5.41, 5.74) is 2.08. The van der Waals surface area contributed by atoms with Crippen molar-refractivity contribution >= 4 is 0 Å². The van der Waals surface area contributed by atoms with Gasteiger partial charge < -0.3 is 0 Å². The van der Waals surface area contributed by atoms with Crippen molar-refractivity contribution in [1.82, 2.24) is 9.97 Å². The van der Waals surface area contributed by atoms with E-state index in [1.807, 2.05) is 12.1 Å². The lowest BCUT2D eigenvalue weighted by atomic mass is 10.1. The van der Waals surface area contributed by atoms with Crippen LogP contribution in [0.15, 0.2) is 49.3 Å². The van der Waals surface area contributed by atoms with Crippen molar-refractivity contribution < 1.29 is 4.39 Å². The first-order valence-corrected chi connectivity index (χ1v) is 4.98. The van der Waals surface area contributed by atoms with Gasteiger partial charge in [0.2, 0.25) is 5.95 Å². The summed E-state index contributed by atoms with van der Waals surface area (Å²) in [5.74, 6) is -0.495. The molecule has 0 bridgehead atoms. The summed E-state index contributed by atoms with van der Waals surface area (Å²) < 4.78 is 13.4. The van der Waals surface area contributed by atoms with Crippen molar-refractivity contribution in [2.24, 2.45) is 0 Å². The molecule has 16 heavy (non-hydrogen) atoms. The zero-order valence-electron chi connectivity index (χ0n) is 8.73. The van der Waals surface area contributed by atoms with Crippen molar-refractivity contribution in [3.8, 4) is 11.3 Å². The second kappa shape index (κ2) is 4.66. The topological polar surface area (TPSA) is 25.8 Å². The van der Waals surface area contributed by atoms with Gasteiger partial charge in [-0.25, -0.2) is 4.98 Å². The molecular formula is C13H11FN2. The van der Waals surface area contributed by atoms with Gasteiger partial charge in [0.15, 0.2) is 0 Å². The number of aromatic nitrogens is 2. The molecule has 2 aromatic rings. The molecule has 0 radical (unpaired) electrons. The number of pyridine rings is 2. The predicted molar refractivity (Wildman–Crippen MR) is 61.3 cm³/mol. The summed E-state index contributed by atoms with van der Waals surface area (Å²) in [5, 5.41) is 0. The minimum atomic E-state index is -0.495. The highest BCUT2D eigenvalue weighted by Gasteiger charge is 2.06. The molecule has 2 nitrogen and oxygen atoms in total. The SMILES string of the molecule is C=CCc1ccnc(-c2cccnc2F)c1. The van der Waals surface area contributed by atoms with E-state index in [0.717, 1.165) is 12.0 Å². The van der Waals surface area contributed by atoms with E-state index >= 15 is 0 Å². The largest absolute Gasteiger partial charge is 0.256 e. The van der Waals surface area contributed by atoms with Crippen molar-refractivity contribution in [3.05, 3.63) is 60.8 Å². The third-order valence-corrected chi connectivity index (χ3v) is 2.24. The summed E-state index contributed by atoms with van der Waals surface area (Å²) in [6.07, 6.45) is 5.64. The summed E-state index contributed by atoms with van der Waals surface area (Å²) in [6, 6.07) is 7.10. The molecule has 0 unspecified atom stereocenters. The van der Waals surface area contributed by atoms with Crippen LogP contribution in [0.25, 0.3) is 11.3 Å². The predicted octanol–water partition coefficient (Wildman–Crippen LogP) is 3.01. The summed E-state index contributed by atoms with van der Waals surface area (Å²) >= 11 is 0. The van der Waals surface area contributed by atoms with Gasteiger partial charge >= 0.3 is 0 Å². The number of nitrogens with zero attached hydrogens (tertiary/aromatic N) is 2. The Morgan fingerprint density at radius 1 is 1.25 bits per heavy atom. The van der Waals surface area contributed by atoms with Crippen LogP contribution in [-0.4, -0.2) is 9.97 Å². The van der Waals surface area contributed by atoms with Gasteiger partial charge in [-0.15, -0.1) is 6.58 Å². The van der Waals surface area contributed by atoms with E-state index in [1.54, 1.807) is 24.4 Å². The molecule has 0 aromatic carbocycles. The van der Waals surface area contributed by atoms with Gasteiger partial charge in [0.05, 0.1) is 11.3 Å². The van der Waals surface area contributed by atoms with Gasteiger partial charge in [0.25, 0.3) is 0 Å². The molecule has 0 fully saturated rings. The smallest absolute Gasteiger partial charge is 0.222 e. The molecule has 0 atom stereocenters. The third kappa shape index (κ3) is 2.14. The molecule has 0 spiro atoms. The van der Waals surface area contributed by atoms with Crippen LogP contribution in [0.2, 0.25) is 0 Å². The quantitative estimate of drug-likeness (QED) is 0.579. The van der Waals surface area contributed by atoms with E-state index in [0.29, 0.717) is 11.3 Å². The molecule has 3 heteroatoms. The highest BCUT2D eigenvalue weighted by molar-refractivity contribution is 5.59. The lowest BCUT2D eigenvalue weighted by Crippen LogP contribution is -1.92. The molecule has 0 aliphatic heterocycles. The zero-order valence-corrected chi connectivity index (χ0v) is 8.73. The molecule has 2 heterocycles. The van der Waals surface area contributed by atoms with Gasteiger partial charge in [-0.05, 0) is 36.2 Å². The maximum Gasteiger partial charge on any atom is 0.222 e. The molecule has 0 aliphatic rings. The van der Waals surface area contributed by atoms with E-state index in [2.05, 4.69) is 16.5 Å². The average molecular weight is 214 g/mol. The lowest BCUT2D eigenvalue weighted by molar-refractivity contribution is 0.587. The van der Waals surface area contributed by atoms with E-state index in [4.69, 9.17) is 0 Å². The molecule has 2 aromatic heterocycles. The number of rotatable bonds is 3. The maximum atomic E-state index is 13.4. The van der Waals surface area contributed by atoms with E-state index in [9.17, 15) is 4.39 Å². The summed E-state index contributed by atoms with van der Waals surface area (Å²) in [6.45, 7) is 3.67. The Bertz CT molecular complexity index is 509. The van der Waals surface area contributed by atoms with E-state index in [-0.39, 0.29) is 0 Å². The zero-order chi connectivity index (χ0) is 11.4. The Kier molecular flexibility index (Phi) is 3.05. The number of hydrogen-bond acceptors (Lipinski definition) is 2. The van der Waals surface area contributed by atoms with Crippen molar-refractivity contribution in [2.45, 2.75) is 6.42 Å². The molecular weight excluding hydrogens is 203 g/mol. The van der Waals surface area contributed by atoms with Gasteiger partial charge in [-0.2, -0.15) is 4.39 Å². The monoisotopic (exact) mass is 214 g/mol. The molecule has 0 aliphatic carbocycles. The fraction of sp³-hybridized carbons (Fsp3) is 0.0769. The van der Waals surface area contributed by atoms with Crippen LogP contribution >= 0.6 is 0 Å². The van der Waals surface area contributed by atoms with E-state index < -0.39 is 5.95 Å². The number of allylic oxidation sites excluding steroid dienone is 1. The fourth-order valence-corrected chi connectivity index (χ4v) is 1.49. The van der Waals surface area contributed by atoms with Crippen molar-refractivity contribution in [2.75, 3.05) is 0 Å². The summed E-state index contributed by atoms with van der Waals surface area (Å²) in [7, 11) is 0. The van der Waals surface area contributed by atoms with E-state index in [1.165, 1.54) is 6.20 Å². The first-order valence-electron chi connectivity index (χ1n) is 4.98. The van der Waals surface area contributed by atoms with Gasteiger partial charge in [0.1, 0.15) is 0 Å². The van der Waals surface area contributed by atoms with Crippen LogP contribution in [0.3, 0.4) is 0 Å². The van der Waals surface area contributed by atoms with Crippen molar-refractivity contribution in [1.29, 1.82) is 0 Å². The Morgan fingerprint density at radius 3 is 2.88 bits per heavy atom. The second-order valence-electron chi connectivity index (χ2n) is 3.38. The number of halogens is 1. The fourth-order valence-electron chi connectivity index (χ4n) is 1.49.